The quantitative estimate of drug-likeness (QED) is 0.405. The molecule has 0 saturated carbocycles. The van der Waals surface area contributed by atoms with Gasteiger partial charge < -0.3 is 14.3 Å². The highest BCUT2D eigenvalue weighted by atomic mass is 32.2. The van der Waals surface area contributed by atoms with Crippen molar-refractivity contribution in [3.05, 3.63) is 59.7 Å². The predicted octanol–water partition coefficient (Wildman–Crippen LogP) is 4.38. The van der Waals surface area contributed by atoms with Gasteiger partial charge in [0.1, 0.15) is 12.4 Å². The molecule has 0 radical (unpaired) electrons. The van der Waals surface area contributed by atoms with Gasteiger partial charge in [-0.1, -0.05) is 44.7 Å². The van der Waals surface area contributed by atoms with E-state index in [0.29, 0.717) is 24.0 Å². The smallest absolute Gasteiger partial charge is 0.191 e. The first-order valence-electron chi connectivity index (χ1n) is 9.50. The van der Waals surface area contributed by atoms with Gasteiger partial charge in [-0.3, -0.25) is 4.79 Å². The zero-order chi connectivity index (χ0) is 19.9. The van der Waals surface area contributed by atoms with Crippen LogP contribution in [0, 0.1) is 5.92 Å². The molecule has 2 heterocycles. The number of aromatic nitrogens is 4. The van der Waals surface area contributed by atoms with Crippen LogP contribution >= 0.6 is 11.8 Å². The zero-order valence-electron chi connectivity index (χ0n) is 16.5. The van der Waals surface area contributed by atoms with Crippen LogP contribution in [0.5, 0.6) is 5.75 Å². The summed E-state index contributed by atoms with van der Waals surface area (Å²) >= 11 is 1.41. The second kappa shape index (κ2) is 9.59. The van der Waals surface area contributed by atoms with Gasteiger partial charge in [-0.25, -0.2) is 0 Å². The Morgan fingerprint density at radius 1 is 1.21 bits per heavy atom. The first kappa shape index (κ1) is 20.2. The minimum absolute atomic E-state index is 0.0444. The second-order valence-electron chi connectivity index (χ2n) is 6.99. The Labute approximate surface area is 169 Å². The predicted molar refractivity (Wildman–Crippen MR) is 111 cm³/mol. The lowest BCUT2D eigenvalue weighted by Crippen LogP contribution is -2.13. The molecule has 0 atom stereocenters. The fraction of sp³-hybridized carbons (Fsp3) is 0.381. The van der Waals surface area contributed by atoms with Crippen LogP contribution in [0.1, 0.15) is 42.6 Å². The minimum Gasteiger partial charge on any atom is -0.486 e. The van der Waals surface area contributed by atoms with Gasteiger partial charge in [-0.15, -0.1) is 10.2 Å². The normalized spacial score (nSPS) is 11.1. The number of ether oxygens (including phenoxy) is 1. The highest BCUT2D eigenvalue weighted by Gasteiger charge is 2.16. The Kier molecular flexibility index (Phi) is 6.92. The van der Waals surface area contributed by atoms with E-state index < -0.39 is 0 Å². The molecule has 28 heavy (non-hydrogen) atoms. The molecule has 6 nitrogen and oxygen atoms in total. The number of nitrogens with one attached hydrogen (secondary N) is 1. The summed E-state index contributed by atoms with van der Waals surface area (Å²) in [5, 5.41) is 9.35. The zero-order valence-corrected chi connectivity index (χ0v) is 17.3. The fourth-order valence-electron chi connectivity index (χ4n) is 2.76. The molecule has 1 aromatic carbocycles. The van der Waals surface area contributed by atoms with E-state index in [9.17, 15) is 4.79 Å². The third-order valence-electron chi connectivity index (χ3n) is 4.27. The van der Waals surface area contributed by atoms with Crippen LogP contribution in [0.25, 0.3) is 0 Å². The van der Waals surface area contributed by atoms with Crippen LogP contribution in [-0.4, -0.2) is 31.3 Å². The summed E-state index contributed by atoms with van der Waals surface area (Å²) in [7, 11) is 0. The van der Waals surface area contributed by atoms with Gasteiger partial charge in [0.15, 0.2) is 16.8 Å². The van der Waals surface area contributed by atoms with Crippen LogP contribution in [0.4, 0.5) is 0 Å². The second-order valence-corrected chi connectivity index (χ2v) is 7.93. The van der Waals surface area contributed by atoms with E-state index in [-0.39, 0.29) is 5.78 Å². The lowest BCUT2D eigenvalue weighted by Gasteiger charge is -2.13. The van der Waals surface area contributed by atoms with Crippen molar-refractivity contribution in [2.24, 2.45) is 5.92 Å². The number of aromatic amines is 1. The maximum atomic E-state index is 12.2. The number of benzene rings is 1. The van der Waals surface area contributed by atoms with Crippen molar-refractivity contribution in [1.29, 1.82) is 0 Å². The maximum absolute atomic E-state index is 12.2. The Balaban J connectivity index is 1.67. The fourth-order valence-corrected chi connectivity index (χ4v) is 3.61. The van der Waals surface area contributed by atoms with Crippen LogP contribution in [0.15, 0.2) is 47.8 Å². The van der Waals surface area contributed by atoms with Crippen LogP contribution in [0.3, 0.4) is 0 Å². The Morgan fingerprint density at radius 3 is 2.64 bits per heavy atom. The van der Waals surface area contributed by atoms with E-state index in [1.165, 1.54) is 17.3 Å². The number of nitrogens with zero attached hydrogens (tertiary/aromatic N) is 3. The highest BCUT2D eigenvalue weighted by molar-refractivity contribution is 7.99. The molecular weight excluding hydrogens is 372 g/mol. The summed E-state index contributed by atoms with van der Waals surface area (Å²) in [5.74, 6) is 2.37. The number of ketones is 1. The average Bonchev–Trinajstić information content (AvgIpc) is 3.35. The number of thioether (sulfide) groups is 1. The van der Waals surface area contributed by atoms with Crippen molar-refractivity contribution in [3.63, 3.8) is 0 Å². The van der Waals surface area contributed by atoms with E-state index in [1.54, 1.807) is 12.3 Å². The summed E-state index contributed by atoms with van der Waals surface area (Å²) in [5.41, 5.74) is 1.89. The van der Waals surface area contributed by atoms with Crippen molar-refractivity contribution in [1.82, 2.24) is 19.7 Å². The van der Waals surface area contributed by atoms with Crippen LogP contribution in [-0.2, 0) is 19.6 Å². The monoisotopic (exact) mass is 398 g/mol. The van der Waals surface area contributed by atoms with Crippen molar-refractivity contribution in [2.45, 2.75) is 45.5 Å². The topological polar surface area (TPSA) is 72.8 Å². The third-order valence-corrected chi connectivity index (χ3v) is 5.24. The van der Waals surface area contributed by atoms with Crippen LogP contribution in [0.2, 0.25) is 0 Å². The molecule has 7 heteroatoms. The largest absolute Gasteiger partial charge is 0.486 e. The molecule has 0 unspecified atom stereocenters. The molecule has 0 fully saturated rings. The van der Waals surface area contributed by atoms with Gasteiger partial charge in [-0.05, 0) is 42.2 Å². The summed E-state index contributed by atoms with van der Waals surface area (Å²) < 4.78 is 7.96. The van der Waals surface area contributed by atoms with Crippen molar-refractivity contribution in [2.75, 3.05) is 5.75 Å². The number of carbonyl (C=O) groups is 1. The van der Waals surface area contributed by atoms with E-state index in [4.69, 9.17) is 4.74 Å². The third kappa shape index (κ3) is 5.25. The van der Waals surface area contributed by atoms with E-state index in [2.05, 4.69) is 52.7 Å². The Hall–Kier alpha value is -2.54. The minimum atomic E-state index is 0.0444. The molecule has 3 aromatic rings. The standard InChI is InChI=1S/C21H26N4O2S/c1-4-16-7-9-17(10-8-16)27-13-20-23-24-21(25(20)12-15(2)3)28-14-19(26)18-6-5-11-22-18/h5-11,15,22H,4,12-14H2,1-3H3. The number of hydrogen-bond donors (Lipinski definition) is 1. The summed E-state index contributed by atoms with van der Waals surface area (Å²) in [6.45, 7) is 7.54. The first-order chi connectivity index (χ1) is 13.6. The van der Waals surface area contributed by atoms with Gasteiger partial charge in [0, 0.05) is 12.7 Å². The molecule has 0 aliphatic carbocycles. The summed E-state index contributed by atoms with van der Waals surface area (Å²) in [6, 6.07) is 11.7. The van der Waals surface area contributed by atoms with Gasteiger partial charge in [0.25, 0.3) is 0 Å². The molecule has 0 spiro atoms. The Morgan fingerprint density at radius 2 is 2.00 bits per heavy atom. The Bertz CT molecular complexity index is 886. The van der Waals surface area contributed by atoms with Gasteiger partial charge in [0.2, 0.25) is 0 Å². The lowest BCUT2D eigenvalue weighted by atomic mass is 10.2. The van der Waals surface area contributed by atoms with Gasteiger partial charge >= 0.3 is 0 Å². The first-order valence-corrected chi connectivity index (χ1v) is 10.5. The van der Waals surface area contributed by atoms with Crippen molar-refractivity contribution >= 4 is 17.5 Å². The van der Waals surface area contributed by atoms with Crippen LogP contribution < -0.4 is 4.74 Å². The molecular formula is C21H26N4O2S. The number of H-pyrrole nitrogens is 1. The SMILES string of the molecule is CCc1ccc(OCc2nnc(SCC(=O)c3ccc[nH]3)n2CC(C)C)cc1. The molecule has 0 amide bonds. The number of aryl methyl sites for hydroxylation is 1. The van der Waals surface area contributed by atoms with E-state index >= 15 is 0 Å². The molecule has 0 aliphatic heterocycles. The molecule has 148 valence electrons. The van der Waals surface area contributed by atoms with Crippen molar-refractivity contribution in [3.8, 4) is 5.75 Å². The number of Topliss-reactive ketones (excluding diaryl/α,β-unsaturated/α-hetero) is 1. The number of rotatable bonds is 10. The lowest BCUT2D eigenvalue weighted by molar-refractivity contribution is 0.101. The number of carbonyl (C=O) groups excluding carboxylic acids is 1. The summed E-state index contributed by atoms with van der Waals surface area (Å²) in [4.78, 5) is 15.2. The molecule has 0 saturated heterocycles. The average molecular weight is 399 g/mol. The molecule has 1 N–H and O–H groups in total. The maximum Gasteiger partial charge on any atom is 0.191 e. The van der Waals surface area contributed by atoms with Gasteiger partial charge in [0.05, 0.1) is 11.4 Å². The van der Waals surface area contributed by atoms with E-state index in [0.717, 1.165) is 29.7 Å². The molecule has 0 bridgehead atoms. The molecule has 2 aromatic heterocycles. The highest BCUT2D eigenvalue weighted by Crippen LogP contribution is 2.21. The molecule has 0 aliphatic rings. The number of hydrogen-bond acceptors (Lipinski definition) is 5. The van der Waals surface area contributed by atoms with Crippen molar-refractivity contribution < 1.29 is 9.53 Å². The van der Waals surface area contributed by atoms with Gasteiger partial charge in [-0.2, -0.15) is 0 Å². The molecule has 3 rings (SSSR count). The van der Waals surface area contributed by atoms with E-state index in [1.807, 2.05) is 18.2 Å². The summed E-state index contributed by atoms with van der Waals surface area (Å²) in [6.07, 6.45) is 2.76.